The monoisotopic (exact) mass is 128 g/mol. The van der Waals surface area contributed by atoms with Gasteiger partial charge >= 0.3 is 0 Å². The number of nitrogens with one attached hydrogen (secondary N) is 1. The second-order valence-corrected chi connectivity index (χ2v) is 2.04. The van der Waals surface area contributed by atoms with Gasteiger partial charge in [0.05, 0.1) is 0 Å². The van der Waals surface area contributed by atoms with Crippen LogP contribution < -0.4 is 5.43 Å². The molecule has 1 aliphatic heterocycles. The molecule has 0 saturated heterocycles. The van der Waals surface area contributed by atoms with Crippen LogP contribution in [-0.2, 0) is 4.79 Å². The van der Waals surface area contributed by atoms with E-state index in [1.54, 1.807) is 6.92 Å². The highest BCUT2D eigenvalue weighted by molar-refractivity contribution is 5.93. The second-order valence-electron chi connectivity index (χ2n) is 2.04. The first kappa shape index (κ1) is 6.22. The van der Waals surface area contributed by atoms with Crippen LogP contribution in [0.3, 0.4) is 0 Å². The molecule has 0 spiro atoms. The highest BCUT2D eigenvalue weighted by Gasteiger charge is 2.19. The molecule has 9 heavy (non-hydrogen) atoms. The number of nitrogens with zero attached hydrogens (tertiary/aromatic N) is 1. The third-order valence-electron chi connectivity index (χ3n) is 1.15. The molecule has 0 aromatic carbocycles. The van der Waals surface area contributed by atoms with E-state index >= 15 is 0 Å². The largest absolute Gasteiger partial charge is 0.383 e. The summed E-state index contributed by atoms with van der Waals surface area (Å²) in [5, 5.41) is 12.5. The summed E-state index contributed by atoms with van der Waals surface area (Å²) < 4.78 is 0. The van der Waals surface area contributed by atoms with Gasteiger partial charge in [-0.05, 0) is 6.92 Å². The van der Waals surface area contributed by atoms with Crippen molar-refractivity contribution in [3.05, 3.63) is 0 Å². The molecule has 0 bridgehead atoms. The Morgan fingerprint density at radius 2 is 2.56 bits per heavy atom. The topological polar surface area (TPSA) is 61.7 Å². The molecule has 50 valence electrons. The van der Waals surface area contributed by atoms with Gasteiger partial charge < -0.3 is 5.11 Å². The molecule has 0 aromatic rings. The first-order valence-electron chi connectivity index (χ1n) is 2.71. The minimum absolute atomic E-state index is 0.353. The van der Waals surface area contributed by atoms with Gasteiger partial charge in [-0.25, -0.2) is 5.43 Å². The highest BCUT2D eigenvalue weighted by atomic mass is 16.3. The Kier molecular flexibility index (Phi) is 1.48. The van der Waals surface area contributed by atoms with E-state index in [9.17, 15) is 4.79 Å². The summed E-state index contributed by atoms with van der Waals surface area (Å²) in [5.74, 6) is -0.416. The Hall–Kier alpha value is -0.900. The van der Waals surface area contributed by atoms with Crippen LogP contribution in [0.5, 0.6) is 0 Å². The third-order valence-corrected chi connectivity index (χ3v) is 1.15. The molecule has 0 radical (unpaired) electrons. The molecule has 2 N–H and O–H groups in total. The summed E-state index contributed by atoms with van der Waals surface area (Å²) in [6.45, 7) is 1.75. The van der Waals surface area contributed by atoms with Gasteiger partial charge in [-0.15, -0.1) is 0 Å². The zero-order valence-electron chi connectivity index (χ0n) is 5.09. The lowest BCUT2D eigenvalue weighted by Gasteiger charge is -2.13. The molecule has 0 fully saturated rings. The minimum Gasteiger partial charge on any atom is -0.383 e. The standard InChI is InChI=1S/C5H8N2O2/c1-3-2-4(8)5(9)7-6-3/h4,8H,2H2,1H3,(H,7,9). The Balaban J connectivity index is 2.65. The average molecular weight is 128 g/mol. The van der Waals surface area contributed by atoms with Crippen molar-refractivity contribution in [1.82, 2.24) is 5.43 Å². The van der Waals surface area contributed by atoms with E-state index in [1.807, 2.05) is 0 Å². The summed E-state index contributed by atoms with van der Waals surface area (Å²) in [6.07, 6.45) is -0.547. The van der Waals surface area contributed by atoms with Crippen LogP contribution >= 0.6 is 0 Å². The number of carbonyl (C=O) groups excluding carboxylic acids is 1. The van der Waals surface area contributed by atoms with Crippen LogP contribution in [0.2, 0.25) is 0 Å². The number of rotatable bonds is 0. The molecule has 1 unspecified atom stereocenters. The van der Waals surface area contributed by atoms with Crippen molar-refractivity contribution < 1.29 is 9.90 Å². The maximum atomic E-state index is 10.5. The van der Waals surface area contributed by atoms with Crippen LogP contribution in [0.4, 0.5) is 0 Å². The SMILES string of the molecule is CC1=NNC(=O)C(O)C1. The fourth-order valence-electron chi connectivity index (χ4n) is 0.643. The number of hydrazone groups is 1. The Labute approximate surface area is 52.6 Å². The van der Waals surface area contributed by atoms with E-state index in [0.29, 0.717) is 6.42 Å². The Morgan fingerprint density at radius 1 is 1.89 bits per heavy atom. The predicted octanol–water partition coefficient (Wildman–Crippen LogP) is -0.757. The van der Waals surface area contributed by atoms with Crippen molar-refractivity contribution in [2.45, 2.75) is 19.4 Å². The fourth-order valence-corrected chi connectivity index (χ4v) is 0.643. The van der Waals surface area contributed by atoms with E-state index in [0.717, 1.165) is 5.71 Å². The smallest absolute Gasteiger partial charge is 0.269 e. The molecule has 0 aliphatic carbocycles. The van der Waals surface area contributed by atoms with Crippen LogP contribution in [0.15, 0.2) is 5.10 Å². The summed E-state index contributed by atoms with van der Waals surface area (Å²) in [4.78, 5) is 10.5. The Bertz CT molecular complexity index is 164. The van der Waals surface area contributed by atoms with Gasteiger partial charge in [-0.3, -0.25) is 4.79 Å². The maximum Gasteiger partial charge on any atom is 0.269 e. The summed E-state index contributed by atoms with van der Waals surface area (Å²) >= 11 is 0. The molecule has 1 rings (SSSR count). The van der Waals surface area contributed by atoms with Crippen molar-refractivity contribution in [3.63, 3.8) is 0 Å². The molecule has 1 amide bonds. The van der Waals surface area contributed by atoms with Gasteiger partial charge in [-0.2, -0.15) is 5.10 Å². The Morgan fingerprint density at radius 3 is 3.00 bits per heavy atom. The first-order valence-corrected chi connectivity index (χ1v) is 2.71. The van der Waals surface area contributed by atoms with E-state index in [4.69, 9.17) is 5.11 Å². The molecule has 1 atom stereocenters. The van der Waals surface area contributed by atoms with Crippen molar-refractivity contribution in [3.8, 4) is 0 Å². The number of aliphatic hydroxyl groups excluding tert-OH is 1. The van der Waals surface area contributed by atoms with Gasteiger partial charge in [0.15, 0.2) is 0 Å². The van der Waals surface area contributed by atoms with E-state index in [1.165, 1.54) is 0 Å². The highest BCUT2D eigenvalue weighted by Crippen LogP contribution is 1.98. The normalized spacial score (nSPS) is 27.1. The lowest BCUT2D eigenvalue weighted by atomic mass is 10.1. The van der Waals surface area contributed by atoms with Gasteiger partial charge in [0.2, 0.25) is 0 Å². The molecule has 4 heteroatoms. The summed E-state index contributed by atoms with van der Waals surface area (Å²) in [5.41, 5.74) is 2.93. The quantitative estimate of drug-likeness (QED) is 0.450. The van der Waals surface area contributed by atoms with Crippen molar-refractivity contribution in [2.75, 3.05) is 0 Å². The predicted molar refractivity (Wildman–Crippen MR) is 31.9 cm³/mol. The molecule has 0 saturated carbocycles. The third kappa shape index (κ3) is 1.26. The minimum atomic E-state index is -0.900. The number of amides is 1. The molecule has 1 heterocycles. The van der Waals surface area contributed by atoms with Crippen molar-refractivity contribution in [1.29, 1.82) is 0 Å². The number of aliphatic hydroxyl groups is 1. The van der Waals surface area contributed by atoms with E-state index in [-0.39, 0.29) is 0 Å². The fraction of sp³-hybridized carbons (Fsp3) is 0.600. The molecule has 1 aliphatic rings. The van der Waals surface area contributed by atoms with Crippen LogP contribution in [-0.4, -0.2) is 22.8 Å². The molecular formula is C5H8N2O2. The number of hydrogen-bond acceptors (Lipinski definition) is 3. The van der Waals surface area contributed by atoms with Gasteiger partial charge in [0.25, 0.3) is 5.91 Å². The second kappa shape index (κ2) is 2.14. The average Bonchev–Trinajstić information content (AvgIpc) is 1.80. The zero-order valence-corrected chi connectivity index (χ0v) is 5.09. The zero-order chi connectivity index (χ0) is 6.85. The summed E-state index contributed by atoms with van der Waals surface area (Å²) in [7, 11) is 0. The lowest BCUT2D eigenvalue weighted by molar-refractivity contribution is -0.129. The molecule has 4 nitrogen and oxygen atoms in total. The van der Waals surface area contributed by atoms with Crippen molar-refractivity contribution >= 4 is 11.6 Å². The molecular weight excluding hydrogens is 120 g/mol. The van der Waals surface area contributed by atoms with Crippen LogP contribution in [0.25, 0.3) is 0 Å². The first-order chi connectivity index (χ1) is 4.20. The van der Waals surface area contributed by atoms with Crippen LogP contribution in [0, 0.1) is 0 Å². The number of hydrogen-bond donors (Lipinski definition) is 2. The lowest BCUT2D eigenvalue weighted by Crippen LogP contribution is -2.37. The number of carbonyl (C=O) groups is 1. The van der Waals surface area contributed by atoms with Crippen LogP contribution in [0.1, 0.15) is 13.3 Å². The van der Waals surface area contributed by atoms with Crippen molar-refractivity contribution in [2.24, 2.45) is 5.10 Å². The maximum absolute atomic E-state index is 10.5. The van der Waals surface area contributed by atoms with Gasteiger partial charge in [0.1, 0.15) is 6.10 Å². The molecule has 0 aromatic heterocycles. The van der Waals surface area contributed by atoms with E-state index < -0.39 is 12.0 Å². The van der Waals surface area contributed by atoms with Gasteiger partial charge in [-0.1, -0.05) is 0 Å². The van der Waals surface area contributed by atoms with Gasteiger partial charge in [0, 0.05) is 12.1 Å². The van der Waals surface area contributed by atoms with E-state index in [2.05, 4.69) is 10.5 Å². The summed E-state index contributed by atoms with van der Waals surface area (Å²) in [6, 6.07) is 0.